The molecular weight excluding hydrogens is 493 g/mol. The molecule has 0 aliphatic carbocycles. The Morgan fingerprint density at radius 1 is 1.39 bits per heavy atom. The number of anilines is 1. The topological polar surface area (TPSA) is 194 Å². The van der Waals surface area contributed by atoms with Crippen LogP contribution in [-0.4, -0.2) is 113 Å². The van der Waals surface area contributed by atoms with E-state index in [1.807, 2.05) is 0 Å². The Hall–Kier alpha value is -1.82. The number of hydrogen-bond acceptors (Lipinski definition) is 11. The number of rotatable bonds is 8. The van der Waals surface area contributed by atoms with E-state index in [0.29, 0.717) is 0 Å². The molecule has 1 aromatic heterocycles. The van der Waals surface area contributed by atoms with Gasteiger partial charge in [-0.05, 0) is 0 Å². The van der Waals surface area contributed by atoms with Crippen molar-refractivity contribution in [1.29, 1.82) is 0 Å². The maximum absolute atomic E-state index is 12.6. The van der Waals surface area contributed by atoms with Crippen molar-refractivity contribution in [3.8, 4) is 0 Å². The minimum absolute atomic E-state index is 0. The molecule has 1 aliphatic rings. The van der Waals surface area contributed by atoms with Gasteiger partial charge in [-0.3, -0.25) is 18.9 Å². The van der Waals surface area contributed by atoms with Gasteiger partial charge in [0, 0.05) is 5.38 Å². The average Bonchev–Trinajstić information content (AvgIpc) is 3.13. The van der Waals surface area contributed by atoms with Gasteiger partial charge in [-0.15, -0.1) is 22.9 Å². The summed E-state index contributed by atoms with van der Waals surface area (Å²) in [5.41, 5.74) is -0.501. The zero-order valence-electron chi connectivity index (χ0n) is 15.2. The molecule has 0 aromatic carbocycles. The molecule has 3 amide bonds. The molecule has 2 heterocycles. The van der Waals surface area contributed by atoms with Crippen LogP contribution in [0.3, 0.4) is 0 Å². The van der Waals surface area contributed by atoms with Crippen LogP contribution in [0.4, 0.5) is 5.13 Å². The molecule has 2 atom stereocenters. The van der Waals surface area contributed by atoms with Crippen LogP contribution in [0.1, 0.15) is 5.69 Å². The second-order valence-corrected chi connectivity index (χ2v) is 7.79. The Morgan fingerprint density at radius 3 is 2.55 bits per heavy atom. The molecule has 0 spiro atoms. The number of nitrogens with zero attached hydrogens (tertiary/aromatic N) is 3. The summed E-state index contributed by atoms with van der Waals surface area (Å²) in [6, 6.07) is -3.48. The number of carbonyl (C=O) groups excluding carboxylic acids is 4. The number of β-lactam (4-membered cyclic amide) rings is 1. The van der Waals surface area contributed by atoms with Crippen LogP contribution >= 0.6 is 22.9 Å². The number of hydrogen-bond donors (Lipinski definition) is 3. The van der Waals surface area contributed by atoms with Gasteiger partial charge in [0.2, 0.25) is 5.91 Å². The van der Waals surface area contributed by atoms with Gasteiger partial charge < -0.3 is 20.2 Å². The van der Waals surface area contributed by atoms with Crippen molar-refractivity contribution in [3.63, 3.8) is 0 Å². The number of amides is 3. The Balaban J connectivity index is 0.00000480. The molecule has 14 nitrogen and oxygen atoms in total. The Bertz CT molecular complexity index is 1010. The van der Waals surface area contributed by atoms with Crippen molar-refractivity contribution < 1.29 is 41.7 Å². The number of aromatic nitrogens is 1. The van der Waals surface area contributed by atoms with E-state index >= 15 is 0 Å². The molecule has 1 aliphatic heterocycles. The molecule has 2 unspecified atom stereocenters. The van der Waals surface area contributed by atoms with Crippen molar-refractivity contribution in [2.24, 2.45) is 5.16 Å². The van der Waals surface area contributed by atoms with Crippen molar-refractivity contribution in [3.05, 3.63) is 11.1 Å². The number of esters is 1. The molecule has 18 heteroatoms. The van der Waals surface area contributed by atoms with Gasteiger partial charge >= 0.3 is 45.8 Å². The predicted octanol–water partition coefficient (Wildman–Crippen LogP) is -2.31. The van der Waals surface area contributed by atoms with Gasteiger partial charge in [-0.2, -0.15) is 12.7 Å². The van der Waals surface area contributed by atoms with E-state index in [1.165, 1.54) is 5.38 Å². The first-order valence-corrected chi connectivity index (χ1v) is 10.5. The Morgan fingerprint density at radius 2 is 2.03 bits per heavy atom. The molecule has 0 saturated carbocycles. The quantitative estimate of drug-likeness (QED) is 0.0654. The number of halogens is 1. The summed E-state index contributed by atoms with van der Waals surface area (Å²) in [7, 11) is -3.01. The van der Waals surface area contributed by atoms with Gasteiger partial charge in [-0.25, -0.2) is 9.78 Å². The van der Waals surface area contributed by atoms with Gasteiger partial charge in [0.25, 0.3) is 11.8 Å². The number of carbonyl (C=O) groups is 4. The first kappa shape index (κ1) is 27.2. The molecule has 1 saturated heterocycles. The summed E-state index contributed by atoms with van der Waals surface area (Å²) < 4.78 is 36.0. The van der Waals surface area contributed by atoms with E-state index in [4.69, 9.17) is 16.2 Å². The first-order valence-electron chi connectivity index (χ1n) is 7.67. The van der Waals surface area contributed by atoms with Crippen LogP contribution < -0.4 is 10.6 Å². The number of oxime groups is 1. The number of thiazole rings is 1. The predicted molar refractivity (Wildman–Crippen MR) is 108 cm³/mol. The molecule has 166 valence electrons. The number of methoxy groups -OCH3 is 1. The van der Waals surface area contributed by atoms with E-state index in [-0.39, 0.29) is 50.6 Å². The third-order valence-corrected chi connectivity index (χ3v) is 5.45. The zero-order valence-corrected chi connectivity index (χ0v) is 17.6. The normalized spacial score (nSPS) is 18.4. The van der Waals surface area contributed by atoms with Gasteiger partial charge in [0.15, 0.2) is 16.9 Å². The third-order valence-electron chi connectivity index (χ3n) is 3.54. The number of nitrogens with one attached hydrogen (secondary N) is 2. The van der Waals surface area contributed by atoms with Gasteiger partial charge in [0.05, 0.1) is 7.11 Å². The summed E-state index contributed by atoms with van der Waals surface area (Å²) in [6.45, 7) is 0. The molecular formula is C13H15ClN5NaO9S2. The SMILES string of the molecule is CO/N=C(/C(=O)NC1C(=O)N(S(=O)(=O)O)C1C(=O)OC)c1csc(NC(=O)CCl)n1.[NaH]. The fourth-order valence-corrected chi connectivity index (χ4v) is 3.92. The van der Waals surface area contributed by atoms with Crippen molar-refractivity contribution in [2.75, 3.05) is 25.4 Å². The second-order valence-electron chi connectivity index (χ2n) is 5.37. The molecule has 31 heavy (non-hydrogen) atoms. The first-order chi connectivity index (χ1) is 14.0. The average molecular weight is 508 g/mol. The van der Waals surface area contributed by atoms with Crippen LogP contribution in [0, 0.1) is 0 Å². The molecule has 0 bridgehead atoms. The second kappa shape index (κ2) is 11.2. The van der Waals surface area contributed by atoms with Crippen molar-refractivity contribution in [2.45, 2.75) is 12.1 Å². The standard InChI is InChI=1S/C13H14ClN5O9S2.Na.H/c1-27-12(23)9-8(11(22)19(9)30(24,25)26)17-10(21)7(18-28-2)5-4-29-13(15-5)16-6(20)3-14;;/h4,8-9H,3H2,1-2H3,(H,17,21)(H,15,16,20)(H,24,25,26);;/b18-7+;;. The summed E-state index contributed by atoms with van der Waals surface area (Å²) in [6.07, 6.45) is 0. The zero-order chi connectivity index (χ0) is 22.6. The van der Waals surface area contributed by atoms with Crippen LogP contribution in [0.25, 0.3) is 0 Å². The summed E-state index contributed by atoms with van der Waals surface area (Å²) in [5.74, 6) is -4.39. The monoisotopic (exact) mass is 507 g/mol. The third kappa shape index (κ3) is 6.12. The van der Waals surface area contributed by atoms with E-state index in [9.17, 15) is 27.6 Å². The molecule has 1 fully saturated rings. The van der Waals surface area contributed by atoms with Crippen molar-refractivity contribution >= 4 is 97.3 Å². The molecule has 1 aromatic rings. The fourth-order valence-electron chi connectivity index (χ4n) is 2.31. The van der Waals surface area contributed by atoms with E-state index < -0.39 is 51.8 Å². The molecule has 2 rings (SSSR count). The Labute approximate surface area is 206 Å². The summed E-state index contributed by atoms with van der Waals surface area (Å²) >= 11 is 6.32. The van der Waals surface area contributed by atoms with Crippen LogP contribution in [-0.2, 0) is 39.1 Å². The summed E-state index contributed by atoms with van der Waals surface area (Å²) in [5, 5.41) is 9.42. The summed E-state index contributed by atoms with van der Waals surface area (Å²) in [4.78, 5) is 56.4. The van der Waals surface area contributed by atoms with Crippen LogP contribution in [0.5, 0.6) is 0 Å². The van der Waals surface area contributed by atoms with Crippen LogP contribution in [0.15, 0.2) is 10.5 Å². The van der Waals surface area contributed by atoms with Crippen molar-refractivity contribution in [1.82, 2.24) is 14.6 Å². The number of alkyl halides is 1. The van der Waals surface area contributed by atoms with Gasteiger partial charge in [-0.1, -0.05) is 5.16 Å². The van der Waals surface area contributed by atoms with Gasteiger partial charge in [0.1, 0.15) is 24.7 Å². The maximum atomic E-state index is 12.6. The minimum atomic E-state index is -5.07. The molecule has 3 N–H and O–H groups in total. The number of ether oxygens (including phenoxy) is 1. The molecule has 0 radical (unpaired) electrons. The van der Waals surface area contributed by atoms with Crippen LogP contribution in [0.2, 0.25) is 0 Å². The van der Waals surface area contributed by atoms with E-state index in [1.54, 1.807) is 0 Å². The van der Waals surface area contributed by atoms with E-state index in [0.717, 1.165) is 25.6 Å². The fraction of sp³-hybridized carbons (Fsp3) is 0.385. The van der Waals surface area contributed by atoms with E-state index in [2.05, 4.69) is 30.3 Å². The Kier molecular flexibility index (Phi) is 9.80.